The summed E-state index contributed by atoms with van der Waals surface area (Å²) in [5.74, 6) is 0.628. The second kappa shape index (κ2) is 11.1. The van der Waals surface area contributed by atoms with Crippen LogP contribution < -0.4 is 11.1 Å². The Morgan fingerprint density at radius 3 is 2.26 bits per heavy atom. The first kappa shape index (κ1) is 32.3. The van der Waals surface area contributed by atoms with Crippen molar-refractivity contribution >= 4 is 18.0 Å². The molecule has 0 unspecified atom stereocenters. The summed E-state index contributed by atoms with van der Waals surface area (Å²) < 4.78 is 11.7. The smallest absolute Gasteiger partial charge is 0.407 e. The average molecular weight is 599 g/mol. The summed E-state index contributed by atoms with van der Waals surface area (Å²) in [6.07, 6.45) is 11.3. The number of nitrogens with one attached hydrogen (secondary N) is 1. The molecule has 43 heavy (non-hydrogen) atoms. The normalized spacial score (nSPS) is 44.5. The van der Waals surface area contributed by atoms with Crippen molar-refractivity contribution in [1.82, 2.24) is 5.32 Å². The lowest BCUT2D eigenvalue weighted by Crippen LogP contribution is -2.67. The van der Waals surface area contributed by atoms with Crippen LogP contribution in [0.1, 0.15) is 119 Å². The lowest BCUT2D eigenvalue weighted by molar-refractivity contribution is -0.251. The molecule has 0 aliphatic heterocycles. The number of carbonyl (C=O) groups is 3. The molecule has 0 radical (unpaired) electrons. The van der Waals surface area contributed by atoms with Crippen LogP contribution in [0.25, 0.3) is 0 Å². The van der Waals surface area contributed by atoms with E-state index in [1.54, 1.807) is 0 Å². The Bertz CT molecular complexity index is 1150. The number of carbonyl (C=O) groups excluding carboxylic acids is 3. The van der Waals surface area contributed by atoms with Gasteiger partial charge in [0.15, 0.2) is 0 Å². The molecule has 5 fully saturated rings. The maximum atomic E-state index is 12.6. The highest BCUT2D eigenvalue weighted by Crippen LogP contribution is 2.77. The number of alkyl carbamates (subject to hydrolysis) is 1. The lowest BCUT2D eigenvalue weighted by atomic mass is 9.32. The molecule has 5 saturated carbocycles. The van der Waals surface area contributed by atoms with Gasteiger partial charge in [-0.2, -0.15) is 0 Å². The van der Waals surface area contributed by atoms with Crippen LogP contribution in [0.5, 0.6) is 0 Å². The van der Waals surface area contributed by atoms with Crippen molar-refractivity contribution in [3.05, 3.63) is 12.2 Å². The van der Waals surface area contributed by atoms with Crippen LogP contribution in [-0.2, 0) is 19.1 Å². The van der Waals surface area contributed by atoms with Gasteiger partial charge in [0.05, 0.1) is 6.61 Å². The first-order valence-electron chi connectivity index (χ1n) is 17.1. The van der Waals surface area contributed by atoms with Crippen LogP contribution in [-0.4, -0.2) is 37.2 Å². The van der Waals surface area contributed by atoms with Gasteiger partial charge in [-0.3, -0.25) is 4.79 Å². The van der Waals surface area contributed by atoms with Crippen molar-refractivity contribution < 1.29 is 23.9 Å². The van der Waals surface area contributed by atoms with Gasteiger partial charge in [-0.05, 0) is 123 Å². The fraction of sp³-hybridized carbons (Fsp3) is 0.861. The van der Waals surface area contributed by atoms with Crippen molar-refractivity contribution in [2.45, 2.75) is 125 Å². The van der Waals surface area contributed by atoms with Crippen LogP contribution in [0.15, 0.2) is 12.2 Å². The van der Waals surface area contributed by atoms with E-state index in [-0.39, 0.29) is 39.3 Å². The summed E-state index contributed by atoms with van der Waals surface area (Å²) in [7, 11) is 0. The fourth-order valence-corrected chi connectivity index (χ4v) is 12.4. The average Bonchev–Trinajstić information content (AvgIpc) is 3.33. The predicted octanol–water partition coefficient (Wildman–Crippen LogP) is 7.18. The number of primary amides is 1. The van der Waals surface area contributed by atoms with E-state index in [4.69, 9.17) is 15.2 Å². The van der Waals surface area contributed by atoms with Gasteiger partial charge in [0.25, 0.3) is 0 Å². The van der Waals surface area contributed by atoms with E-state index >= 15 is 0 Å². The predicted molar refractivity (Wildman–Crippen MR) is 168 cm³/mol. The number of rotatable bonds is 6. The van der Waals surface area contributed by atoms with Crippen LogP contribution in [0.3, 0.4) is 0 Å². The van der Waals surface area contributed by atoms with Crippen molar-refractivity contribution in [1.29, 1.82) is 0 Å². The fourth-order valence-electron chi connectivity index (χ4n) is 12.4. The second-order valence-electron chi connectivity index (χ2n) is 16.7. The summed E-state index contributed by atoms with van der Waals surface area (Å²) in [6, 6.07) is 0. The molecule has 5 aliphatic rings. The molecule has 0 bridgehead atoms. The Morgan fingerprint density at radius 1 is 0.884 bits per heavy atom. The summed E-state index contributed by atoms with van der Waals surface area (Å²) in [5, 5.41) is 2.92. The van der Waals surface area contributed by atoms with Gasteiger partial charge in [-0.25, -0.2) is 9.59 Å². The van der Waals surface area contributed by atoms with Crippen LogP contribution in [0.4, 0.5) is 4.79 Å². The largest absolute Gasteiger partial charge is 0.455 e. The Hall–Kier alpha value is -2.05. The summed E-state index contributed by atoms with van der Waals surface area (Å²) in [6.45, 7) is 22.2. The molecule has 5 rings (SSSR count). The SMILES string of the molecule is C=C(C)[C@@H]1CC[C@]2(COC(=O)NCCC)CC[C@]3(C)[C@H](CC[C@@H]4[C@@]5(C)CC[C@H](OC(=O)C(N)=O)C(C)(C)[C@@H]5CC[C@]43C)[C@@H]12. The molecule has 0 aromatic heterocycles. The third-order valence-electron chi connectivity index (χ3n) is 14.6. The molecule has 0 heterocycles. The number of allylic oxidation sites excluding steroid dienone is 1. The van der Waals surface area contributed by atoms with Crippen molar-refractivity contribution in [2.24, 2.45) is 62.4 Å². The van der Waals surface area contributed by atoms with E-state index in [9.17, 15) is 14.4 Å². The highest BCUT2D eigenvalue weighted by molar-refractivity contribution is 6.31. The number of esters is 1. The molecular formula is C36H58N2O5. The van der Waals surface area contributed by atoms with Crippen LogP contribution in [0, 0.1) is 56.7 Å². The molecule has 3 N–H and O–H groups in total. The van der Waals surface area contributed by atoms with E-state index < -0.39 is 11.9 Å². The molecule has 0 aromatic rings. The van der Waals surface area contributed by atoms with Gasteiger partial charge in [0.2, 0.25) is 0 Å². The lowest BCUT2D eigenvalue weighted by Gasteiger charge is -2.73. The van der Waals surface area contributed by atoms with Gasteiger partial charge < -0.3 is 20.5 Å². The van der Waals surface area contributed by atoms with Gasteiger partial charge in [0, 0.05) is 17.4 Å². The summed E-state index contributed by atoms with van der Waals surface area (Å²) in [5.41, 5.74) is 6.88. The Morgan fingerprint density at radius 2 is 1.60 bits per heavy atom. The molecule has 0 spiro atoms. The number of hydrogen-bond acceptors (Lipinski definition) is 5. The highest BCUT2D eigenvalue weighted by Gasteiger charge is 2.71. The third-order valence-corrected chi connectivity index (χ3v) is 14.6. The van der Waals surface area contributed by atoms with Gasteiger partial charge in [-0.1, -0.05) is 53.7 Å². The maximum absolute atomic E-state index is 12.6. The molecule has 7 nitrogen and oxygen atoms in total. The Balaban J connectivity index is 1.43. The zero-order valence-corrected chi connectivity index (χ0v) is 28.0. The zero-order valence-electron chi connectivity index (χ0n) is 28.0. The molecule has 5 aliphatic carbocycles. The minimum Gasteiger partial charge on any atom is -0.455 e. The monoisotopic (exact) mass is 598 g/mol. The quantitative estimate of drug-likeness (QED) is 0.191. The number of fused-ring (bicyclic) bond motifs is 7. The van der Waals surface area contributed by atoms with E-state index in [1.165, 1.54) is 24.8 Å². The van der Waals surface area contributed by atoms with Crippen molar-refractivity contribution in [3.8, 4) is 0 Å². The topological polar surface area (TPSA) is 108 Å². The maximum Gasteiger partial charge on any atom is 0.407 e. The first-order chi connectivity index (χ1) is 20.1. The van der Waals surface area contributed by atoms with E-state index in [0.29, 0.717) is 42.7 Å². The molecule has 10 atom stereocenters. The molecule has 7 heteroatoms. The minimum absolute atomic E-state index is 0.0337. The molecule has 0 aromatic carbocycles. The van der Waals surface area contributed by atoms with E-state index in [0.717, 1.165) is 51.4 Å². The number of hydrogen-bond donors (Lipinski definition) is 2. The van der Waals surface area contributed by atoms with Gasteiger partial charge in [0.1, 0.15) is 6.10 Å². The van der Waals surface area contributed by atoms with E-state index in [1.807, 2.05) is 0 Å². The highest BCUT2D eigenvalue weighted by atomic mass is 16.6. The van der Waals surface area contributed by atoms with Crippen molar-refractivity contribution in [2.75, 3.05) is 13.2 Å². The summed E-state index contributed by atoms with van der Waals surface area (Å²) >= 11 is 0. The van der Waals surface area contributed by atoms with Gasteiger partial charge in [-0.15, -0.1) is 0 Å². The van der Waals surface area contributed by atoms with Gasteiger partial charge >= 0.3 is 18.0 Å². The first-order valence-corrected chi connectivity index (χ1v) is 17.1. The second-order valence-corrected chi connectivity index (χ2v) is 16.7. The molecule has 2 amide bonds. The molecular weight excluding hydrogens is 540 g/mol. The third kappa shape index (κ3) is 4.85. The Kier molecular flexibility index (Phi) is 8.34. The van der Waals surface area contributed by atoms with E-state index in [2.05, 4.69) is 60.4 Å². The standard InChI is InChI=1S/C36H58N2O5/c1-9-20-38-31(41)42-21-36-17-12-23(22(2)3)28(36)24-10-11-26-33(6)15-14-27(43-30(40)29(37)39)32(4,5)25(33)13-16-35(26,8)34(24,7)18-19-36/h23-28H,2,9-21H2,1,3-8H3,(H2,37,39)(H,38,41)/t23-,24+,25-,26+,27-,28+,33-,34+,35+,36+/m0/s1. The zero-order chi connectivity index (χ0) is 31.6. The molecule has 0 saturated heterocycles. The van der Waals surface area contributed by atoms with Crippen LogP contribution in [0.2, 0.25) is 0 Å². The Labute approximate surface area is 259 Å². The molecule has 242 valence electrons. The van der Waals surface area contributed by atoms with Crippen molar-refractivity contribution in [3.63, 3.8) is 0 Å². The number of ether oxygens (including phenoxy) is 2. The minimum atomic E-state index is -1.01. The van der Waals surface area contributed by atoms with Crippen LogP contribution >= 0.6 is 0 Å². The number of amides is 2. The number of nitrogens with two attached hydrogens (primary N) is 1. The summed E-state index contributed by atoms with van der Waals surface area (Å²) in [4.78, 5) is 36.3.